The van der Waals surface area contributed by atoms with E-state index in [1.54, 1.807) is 58.3 Å². The summed E-state index contributed by atoms with van der Waals surface area (Å²) in [7, 11) is 0. The zero-order valence-electron chi connectivity index (χ0n) is 30.6. The second-order valence-corrected chi connectivity index (χ2v) is 13.8. The van der Waals surface area contributed by atoms with Crippen molar-refractivity contribution < 1.29 is 19.2 Å². The van der Waals surface area contributed by atoms with Gasteiger partial charge in [0.05, 0.1) is 11.4 Å². The minimum atomic E-state index is -0.203. The number of fused-ring (bicyclic) bond motifs is 2. The van der Waals surface area contributed by atoms with E-state index in [1.165, 1.54) is 0 Å². The van der Waals surface area contributed by atoms with Crippen LogP contribution in [0.2, 0.25) is 0 Å². The van der Waals surface area contributed by atoms with Crippen molar-refractivity contribution in [1.29, 1.82) is 0 Å². The van der Waals surface area contributed by atoms with Crippen molar-refractivity contribution in [1.82, 2.24) is 0 Å². The average Bonchev–Trinajstić information content (AvgIpc) is 3.22. The summed E-state index contributed by atoms with van der Waals surface area (Å²) < 4.78 is 0. The molecule has 7 rings (SSSR count). The van der Waals surface area contributed by atoms with Crippen LogP contribution in [0.1, 0.15) is 60.2 Å². The zero-order chi connectivity index (χ0) is 37.6. The van der Waals surface area contributed by atoms with Crippen LogP contribution in [0.15, 0.2) is 133 Å². The summed E-state index contributed by atoms with van der Waals surface area (Å²) in [6, 6.07) is 42.0. The minimum Gasteiger partial charge on any atom is -0.326 e. The maximum atomic E-state index is 13.6. The predicted molar refractivity (Wildman–Crippen MR) is 218 cm³/mol. The summed E-state index contributed by atoms with van der Waals surface area (Å²) in [5.74, 6) is -0.773. The van der Waals surface area contributed by atoms with Crippen molar-refractivity contribution in [3.63, 3.8) is 0 Å². The molecule has 0 unspecified atom stereocenters. The van der Waals surface area contributed by atoms with Gasteiger partial charge in [0.2, 0.25) is 11.8 Å². The van der Waals surface area contributed by atoms with E-state index in [0.717, 1.165) is 32.9 Å². The molecule has 0 aromatic heterocycles. The standard InChI is InChI=1S/C46H44N4O4/c1-3-49(41-17-9-13-31-11-5-7-15-39(31)41)45(53)35-23-27-37(28-24-35)47-43(51)33-19-21-34(22-20-33)44(52)48-38-29-25-36(26-30-38)46(54)50(4-2)42-18-10-14-32-12-6-8-16-40(32)42/h5-18,23-30,33-34H,3-4,19-22H2,1-2H3,(H,47,51)(H,48,52). The first kappa shape index (κ1) is 36.1. The van der Waals surface area contributed by atoms with Crippen LogP contribution >= 0.6 is 0 Å². The highest BCUT2D eigenvalue weighted by Gasteiger charge is 2.30. The molecule has 0 spiro atoms. The highest BCUT2D eigenvalue weighted by molar-refractivity contribution is 6.12. The summed E-state index contributed by atoms with van der Waals surface area (Å²) in [6.07, 6.45) is 2.41. The fourth-order valence-electron chi connectivity index (χ4n) is 7.54. The van der Waals surface area contributed by atoms with Crippen LogP contribution in [-0.4, -0.2) is 36.7 Å². The predicted octanol–water partition coefficient (Wildman–Crippen LogP) is 9.71. The number of hydrogen-bond acceptors (Lipinski definition) is 4. The number of carbonyl (C=O) groups excluding carboxylic acids is 4. The van der Waals surface area contributed by atoms with Crippen LogP contribution in [-0.2, 0) is 9.59 Å². The van der Waals surface area contributed by atoms with Gasteiger partial charge < -0.3 is 20.4 Å². The Balaban J connectivity index is 0.905. The second kappa shape index (κ2) is 16.2. The fraction of sp³-hybridized carbons (Fsp3) is 0.217. The highest BCUT2D eigenvalue weighted by atomic mass is 16.2. The van der Waals surface area contributed by atoms with Crippen LogP contribution in [0.25, 0.3) is 21.5 Å². The van der Waals surface area contributed by atoms with Gasteiger partial charge in [-0.1, -0.05) is 72.8 Å². The third-order valence-corrected chi connectivity index (χ3v) is 10.5. The van der Waals surface area contributed by atoms with Gasteiger partial charge >= 0.3 is 0 Å². The summed E-state index contributed by atoms with van der Waals surface area (Å²) in [4.78, 5) is 57.1. The molecule has 4 amide bonds. The van der Waals surface area contributed by atoms with Crippen LogP contribution in [0.5, 0.6) is 0 Å². The Labute approximate surface area is 315 Å². The molecule has 6 aromatic rings. The number of anilines is 4. The van der Waals surface area contributed by atoms with Crippen molar-refractivity contribution in [2.75, 3.05) is 33.5 Å². The Morgan fingerprint density at radius 3 is 1.20 bits per heavy atom. The van der Waals surface area contributed by atoms with E-state index in [9.17, 15) is 19.2 Å². The number of benzene rings is 6. The first-order chi connectivity index (χ1) is 26.3. The molecule has 0 aliphatic heterocycles. The zero-order valence-corrected chi connectivity index (χ0v) is 30.6. The topological polar surface area (TPSA) is 98.8 Å². The van der Waals surface area contributed by atoms with E-state index in [-0.39, 0.29) is 35.5 Å². The average molecular weight is 717 g/mol. The molecule has 0 saturated heterocycles. The number of rotatable bonds is 10. The first-order valence-corrected chi connectivity index (χ1v) is 18.8. The van der Waals surface area contributed by atoms with E-state index in [2.05, 4.69) is 10.6 Å². The number of nitrogens with zero attached hydrogens (tertiary/aromatic N) is 2. The van der Waals surface area contributed by atoms with Crippen molar-refractivity contribution in [2.24, 2.45) is 11.8 Å². The van der Waals surface area contributed by atoms with Gasteiger partial charge in [-0.25, -0.2) is 0 Å². The monoisotopic (exact) mass is 716 g/mol. The van der Waals surface area contributed by atoms with Crippen molar-refractivity contribution in [3.05, 3.63) is 145 Å². The molecule has 0 heterocycles. The molecule has 1 saturated carbocycles. The Morgan fingerprint density at radius 1 is 0.481 bits per heavy atom. The van der Waals surface area contributed by atoms with Crippen LogP contribution < -0.4 is 20.4 Å². The Morgan fingerprint density at radius 2 is 0.833 bits per heavy atom. The minimum absolute atomic E-state index is 0.0799. The fourth-order valence-corrected chi connectivity index (χ4v) is 7.54. The molecule has 54 heavy (non-hydrogen) atoms. The van der Waals surface area contributed by atoms with Crippen LogP contribution in [0.3, 0.4) is 0 Å². The van der Waals surface area contributed by atoms with Gasteiger partial charge in [-0.3, -0.25) is 19.2 Å². The van der Waals surface area contributed by atoms with Gasteiger partial charge in [0, 0.05) is 58.2 Å². The molecule has 8 heteroatoms. The SMILES string of the molecule is CCN(C(=O)c1ccc(NC(=O)C2CCC(C(=O)Nc3ccc(C(=O)N(CC)c4cccc5ccccc45)cc3)CC2)cc1)c1cccc2ccccc12. The van der Waals surface area contributed by atoms with Gasteiger partial charge in [-0.05, 0) is 111 Å². The summed E-state index contributed by atoms with van der Waals surface area (Å²) in [5.41, 5.74) is 4.07. The summed E-state index contributed by atoms with van der Waals surface area (Å²) in [5, 5.41) is 10.2. The Bertz CT molecular complexity index is 2140. The molecule has 0 bridgehead atoms. The lowest BCUT2D eigenvalue weighted by atomic mass is 9.81. The number of amides is 4. The molecule has 6 aromatic carbocycles. The lowest BCUT2D eigenvalue weighted by Gasteiger charge is -2.27. The van der Waals surface area contributed by atoms with E-state index >= 15 is 0 Å². The van der Waals surface area contributed by atoms with Gasteiger partial charge in [-0.15, -0.1) is 0 Å². The molecule has 1 aliphatic carbocycles. The van der Waals surface area contributed by atoms with E-state index in [0.29, 0.717) is 61.3 Å². The lowest BCUT2D eigenvalue weighted by Crippen LogP contribution is -2.32. The maximum Gasteiger partial charge on any atom is 0.258 e. The molecule has 8 nitrogen and oxygen atoms in total. The lowest BCUT2D eigenvalue weighted by molar-refractivity contribution is -0.125. The van der Waals surface area contributed by atoms with Gasteiger partial charge in [0.1, 0.15) is 0 Å². The van der Waals surface area contributed by atoms with Gasteiger partial charge in [-0.2, -0.15) is 0 Å². The maximum absolute atomic E-state index is 13.6. The van der Waals surface area contributed by atoms with Gasteiger partial charge in [0.25, 0.3) is 11.8 Å². The van der Waals surface area contributed by atoms with Crippen LogP contribution in [0.4, 0.5) is 22.7 Å². The number of nitrogens with one attached hydrogen (secondary N) is 2. The highest BCUT2D eigenvalue weighted by Crippen LogP contribution is 2.32. The van der Waals surface area contributed by atoms with E-state index in [4.69, 9.17) is 0 Å². The molecular weight excluding hydrogens is 673 g/mol. The second-order valence-electron chi connectivity index (χ2n) is 13.8. The number of carbonyl (C=O) groups is 4. The molecule has 1 aliphatic rings. The summed E-state index contributed by atoms with van der Waals surface area (Å²) in [6.45, 7) is 4.96. The number of hydrogen-bond donors (Lipinski definition) is 2. The normalized spacial score (nSPS) is 15.4. The molecule has 1 fully saturated rings. The largest absolute Gasteiger partial charge is 0.326 e. The third-order valence-electron chi connectivity index (χ3n) is 10.5. The van der Waals surface area contributed by atoms with Crippen LogP contribution in [0, 0.1) is 11.8 Å². The van der Waals surface area contributed by atoms with E-state index in [1.807, 2.05) is 98.8 Å². The molecule has 0 radical (unpaired) electrons. The third kappa shape index (κ3) is 7.60. The molecule has 0 atom stereocenters. The smallest absolute Gasteiger partial charge is 0.258 e. The summed E-state index contributed by atoms with van der Waals surface area (Å²) >= 11 is 0. The van der Waals surface area contributed by atoms with Crippen molar-refractivity contribution in [2.45, 2.75) is 39.5 Å². The Kier molecular flexibility index (Phi) is 10.8. The molecule has 2 N–H and O–H groups in total. The Hall–Kier alpha value is -6.28. The van der Waals surface area contributed by atoms with Gasteiger partial charge in [0.15, 0.2) is 0 Å². The van der Waals surface area contributed by atoms with Crippen molar-refractivity contribution >= 4 is 67.9 Å². The molecular formula is C46H44N4O4. The van der Waals surface area contributed by atoms with E-state index < -0.39 is 0 Å². The quantitative estimate of drug-likeness (QED) is 0.148. The first-order valence-electron chi connectivity index (χ1n) is 18.8. The molecule has 272 valence electrons. The van der Waals surface area contributed by atoms with Crippen molar-refractivity contribution in [3.8, 4) is 0 Å².